The molecular weight excluding hydrogens is 512 g/mol. The van der Waals surface area contributed by atoms with Crippen LogP contribution in [0.5, 0.6) is 0 Å². The molecule has 0 unspecified atom stereocenters. The SMILES string of the molecule is CC(C=CC=CC(C)=CC=CC(C)=CC=C1C(C)=C[C@@H](O)CC1(C)C)=CC=CC(C)=CC=C1C(C)=CC(=O)CC1(C)C. The maximum Gasteiger partial charge on any atom is 0.156 e. The lowest BCUT2D eigenvalue weighted by Crippen LogP contribution is -2.26. The first-order valence-electron chi connectivity index (χ1n) is 15.0. The Morgan fingerprint density at radius 2 is 1.12 bits per heavy atom. The predicted octanol–water partition coefficient (Wildman–Crippen LogP) is 10.5. The summed E-state index contributed by atoms with van der Waals surface area (Å²) in [6.07, 6.45) is 34.2. The van der Waals surface area contributed by atoms with Crippen molar-refractivity contribution in [3.8, 4) is 0 Å². The second kappa shape index (κ2) is 15.7. The van der Waals surface area contributed by atoms with Crippen molar-refractivity contribution in [1.29, 1.82) is 0 Å². The normalized spacial score (nSPS) is 24.6. The zero-order valence-corrected chi connectivity index (χ0v) is 27.6. The van der Waals surface area contributed by atoms with Crippen LogP contribution in [-0.4, -0.2) is 17.0 Å². The van der Waals surface area contributed by atoms with Crippen LogP contribution in [0.4, 0.5) is 0 Å². The molecule has 0 aromatic carbocycles. The van der Waals surface area contributed by atoms with Crippen LogP contribution in [-0.2, 0) is 4.79 Å². The summed E-state index contributed by atoms with van der Waals surface area (Å²) in [6, 6.07) is 0. The Hall–Kier alpha value is -3.49. The van der Waals surface area contributed by atoms with Crippen LogP contribution in [0.1, 0.15) is 82.1 Å². The van der Waals surface area contributed by atoms with Crippen LogP contribution in [0.25, 0.3) is 0 Å². The van der Waals surface area contributed by atoms with Crippen molar-refractivity contribution < 1.29 is 9.90 Å². The van der Waals surface area contributed by atoms with Gasteiger partial charge >= 0.3 is 0 Å². The highest BCUT2D eigenvalue weighted by molar-refractivity contribution is 5.93. The van der Waals surface area contributed by atoms with Gasteiger partial charge < -0.3 is 5.11 Å². The van der Waals surface area contributed by atoms with Crippen LogP contribution in [0, 0.1) is 10.8 Å². The van der Waals surface area contributed by atoms with Crippen molar-refractivity contribution in [2.24, 2.45) is 10.8 Å². The van der Waals surface area contributed by atoms with Gasteiger partial charge in [-0.05, 0) is 87.2 Å². The Bertz CT molecular complexity index is 1380. The monoisotopic (exact) mass is 564 g/mol. The number of aliphatic hydroxyl groups excluding tert-OH is 1. The van der Waals surface area contributed by atoms with E-state index in [1.54, 1.807) is 6.08 Å². The lowest BCUT2D eigenvalue weighted by Gasteiger charge is -2.34. The van der Waals surface area contributed by atoms with Gasteiger partial charge in [0, 0.05) is 6.42 Å². The summed E-state index contributed by atoms with van der Waals surface area (Å²) in [6.45, 7) is 21.2. The van der Waals surface area contributed by atoms with E-state index in [2.05, 4.69) is 147 Å². The number of aliphatic hydroxyl groups is 1. The molecule has 0 saturated heterocycles. The van der Waals surface area contributed by atoms with Crippen molar-refractivity contribution >= 4 is 5.78 Å². The van der Waals surface area contributed by atoms with Gasteiger partial charge in [-0.2, -0.15) is 0 Å². The average molecular weight is 565 g/mol. The zero-order valence-electron chi connectivity index (χ0n) is 27.6. The number of hydrogen-bond acceptors (Lipinski definition) is 2. The first-order chi connectivity index (χ1) is 19.6. The predicted molar refractivity (Wildman–Crippen MR) is 183 cm³/mol. The van der Waals surface area contributed by atoms with Crippen LogP contribution in [0.3, 0.4) is 0 Å². The lowest BCUT2D eigenvalue weighted by molar-refractivity contribution is -0.116. The van der Waals surface area contributed by atoms with Gasteiger partial charge in [-0.3, -0.25) is 4.79 Å². The Morgan fingerprint density at radius 1 is 0.690 bits per heavy atom. The summed E-state index contributed by atoms with van der Waals surface area (Å²) in [5, 5.41) is 10.0. The van der Waals surface area contributed by atoms with E-state index in [4.69, 9.17) is 0 Å². The highest BCUT2D eigenvalue weighted by Gasteiger charge is 2.31. The van der Waals surface area contributed by atoms with Crippen molar-refractivity contribution in [3.05, 3.63) is 142 Å². The van der Waals surface area contributed by atoms with E-state index >= 15 is 0 Å². The topological polar surface area (TPSA) is 37.3 Å². The van der Waals surface area contributed by atoms with Gasteiger partial charge in [0.1, 0.15) is 0 Å². The molecule has 2 rings (SSSR count). The van der Waals surface area contributed by atoms with E-state index in [-0.39, 0.29) is 22.7 Å². The Balaban J connectivity index is 1.93. The Morgan fingerprint density at radius 3 is 1.57 bits per heavy atom. The summed E-state index contributed by atoms with van der Waals surface area (Å²) in [5.74, 6) is 0.212. The molecule has 0 aromatic heterocycles. The van der Waals surface area contributed by atoms with Crippen LogP contribution < -0.4 is 0 Å². The molecule has 2 nitrogen and oxygen atoms in total. The number of hydrogen-bond donors (Lipinski definition) is 1. The molecule has 0 radical (unpaired) electrons. The maximum atomic E-state index is 11.9. The van der Waals surface area contributed by atoms with Gasteiger partial charge in [-0.15, -0.1) is 0 Å². The van der Waals surface area contributed by atoms with E-state index in [9.17, 15) is 9.90 Å². The van der Waals surface area contributed by atoms with Crippen molar-refractivity contribution in [1.82, 2.24) is 0 Å². The third kappa shape index (κ3) is 11.4. The minimum absolute atomic E-state index is 0.0289. The van der Waals surface area contributed by atoms with Gasteiger partial charge in [-0.25, -0.2) is 0 Å². The first-order valence-corrected chi connectivity index (χ1v) is 15.0. The smallest absolute Gasteiger partial charge is 0.156 e. The van der Waals surface area contributed by atoms with Crippen molar-refractivity contribution in [2.75, 3.05) is 0 Å². The van der Waals surface area contributed by atoms with E-state index in [1.807, 2.05) is 13.0 Å². The molecule has 224 valence electrons. The molecule has 1 atom stereocenters. The molecule has 0 saturated carbocycles. The van der Waals surface area contributed by atoms with Crippen molar-refractivity contribution in [3.63, 3.8) is 0 Å². The standard InChI is InChI=1S/C40H52O2/c1-29(17-13-19-31(3)21-23-37-33(5)25-35(41)27-39(37,7)8)15-11-12-16-30(2)18-14-20-32(4)22-24-38-34(6)26-36(42)28-40(38,9)10/h11-26,35,41H,27-28H2,1-10H3/t35-/m1/s1. The number of carbonyl (C=O) groups is 1. The van der Waals surface area contributed by atoms with E-state index in [1.165, 1.54) is 27.9 Å². The van der Waals surface area contributed by atoms with E-state index in [0.717, 1.165) is 23.1 Å². The van der Waals surface area contributed by atoms with Gasteiger partial charge in [0.15, 0.2) is 5.78 Å². The zero-order chi connectivity index (χ0) is 31.5. The largest absolute Gasteiger partial charge is 0.389 e. The molecule has 0 aromatic rings. The first kappa shape index (κ1) is 34.7. The second-order valence-corrected chi connectivity index (χ2v) is 13.1. The van der Waals surface area contributed by atoms with Gasteiger partial charge in [0.2, 0.25) is 0 Å². The van der Waals surface area contributed by atoms with Crippen LogP contribution >= 0.6 is 0 Å². The van der Waals surface area contributed by atoms with E-state index in [0.29, 0.717) is 6.42 Å². The molecular formula is C40H52O2. The molecule has 42 heavy (non-hydrogen) atoms. The minimum atomic E-state index is -0.354. The molecule has 0 heterocycles. The van der Waals surface area contributed by atoms with E-state index < -0.39 is 0 Å². The van der Waals surface area contributed by atoms with Gasteiger partial charge in [0.05, 0.1) is 6.10 Å². The number of rotatable bonds is 9. The third-order valence-corrected chi connectivity index (χ3v) is 7.76. The summed E-state index contributed by atoms with van der Waals surface area (Å²) in [5.41, 5.74) is 9.28. The Kier molecular flexibility index (Phi) is 12.9. The number of carbonyl (C=O) groups excluding carboxylic acids is 1. The highest BCUT2D eigenvalue weighted by Crippen LogP contribution is 2.41. The summed E-state index contributed by atoms with van der Waals surface area (Å²) >= 11 is 0. The van der Waals surface area contributed by atoms with Crippen LogP contribution in [0.2, 0.25) is 0 Å². The number of ketones is 1. The third-order valence-electron chi connectivity index (χ3n) is 7.76. The summed E-state index contributed by atoms with van der Waals surface area (Å²) in [7, 11) is 0. The quantitative estimate of drug-likeness (QED) is 0.283. The fourth-order valence-corrected chi connectivity index (χ4v) is 5.52. The highest BCUT2D eigenvalue weighted by atomic mass is 16.3. The van der Waals surface area contributed by atoms with Gasteiger partial charge in [0.25, 0.3) is 0 Å². The van der Waals surface area contributed by atoms with Gasteiger partial charge in [-0.1, -0.05) is 141 Å². The van der Waals surface area contributed by atoms with Crippen LogP contribution in [0.15, 0.2) is 142 Å². The molecule has 2 heteroatoms. The second-order valence-electron chi connectivity index (χ2n) is 13.1. The molecule has 2 aliphatic rings. The fraction of sp³-hybridized carbons (Fsp3) is 0.375. The average Bonchev–Trinajstić information content (AvgIpc) is 2.84. The maximum absolute atomic E-state index is 11.9. The number of allylic oxidation sites excluding steroid dienone is 23. The molecule has 0 spiro atoms. The minimum Gasteiger partial charge on any atom is -0.389 e. The molecule has 0 amide bonds. The molecule has 0 fully saturated rings. The Labute approximate surface area is 256 Å². The molecule has 0 aliphatic heterocycles. The molecule has 2 aliphatic carbocycles. The van der Waals surface area contributed by atoms with Crippen molar-refractivity contribution in [2.45, 2.75) is 88.2 Å². The summed E-state index contributed by atoms with van der Waals surface area (Å²) < 4.78 is 0. The lowest BCUT2D eigenvalue weighted by atomic mass is 9.72. The summed E-state index contributed by atoms with van der Waals surface area (Å²) in [4.78, 5) is 11.9. The molecule has 0 bridgehead atoms. The fourth-order valence-electron chi connectivity index (χ4n) is 5.52. The molecule has 1 N–H and O–H groups in total.